The molecule has 1 fully saturated rings. The molecule has 0 aromatic carbocycles. The van der Waals surface area contributed by atoms with Gasteiger partial charge in [-0.15, -0.1) is 12.6 Å². The minimum Gasteiger partial charge on any atom is -0.448 e. The number of carbonyl (C=O) groups excluding carboxylic acids is 1. The molecule has 4 atom stereocenters. The van der Waals surface area contributed by atoms with Crippen LogP contribution in [-0.4, -0.2) is 33.8 Å². The van der Waals surface area contributed by atoms with Crippen molar-refractivity contribution < 1.29 is 19.7 Å². The highest BCUT2D eigenvalue weighted by atomic mass is 32.1. The van der Waals surface area contributed by atoms with Crippen LogP contribution in [-0.2, 0) is 9.53 Å². The topological polar surface area (TPSA) is 66.8 Å². The quantitative estimate of drug-likeness (QED) is 0.448. The molecular formula is C9H18O4S. The molecule has 14 heavy (non-hydrogen) atoms. The van der Waals surface area contributed by atoms with Gasteiger partial charge in [0, 0.05) is 0 Å². The number of rotatable bonds is 1. The Morgan fingerprint density at radius 2 is 2.00 bits per heavy atom. The van der Waals surface area contributed by atoms with Crippen molar-refractivity contribution in [2.75, 3.05) is 0 Å². The second kappa shape index (κ2) is 5.00. The van der Waals surface area contributed by atoms with Crippen molar-refractivity contribution in [2.24, 2.45) is 5.41 Å². The predicted molar refractivity (Wildman–Crippen MR) is 56.0 cm³/mol. The highest BCUT2D eigenvalue weighted by Gasteiger charge is 2.55. The van der Waals surface area contributed by atoms with Gasteiger partial charge in [0.2, 0.25) is 0 Å². The first kappa shape index (κ1) is 13.7. The lowest BCUT2D eigenvalue weighted by Crippen LogP contribution is -2.44. The Hall–Kier alpha value is -0.260. The Bertz CT molecular complexity index is 207. The number of hydrogen-bond donors (Lipinski definition) is 3. The van der Waals surface area contributed by atoms with E-state index in [4.69, 9.17) is 0 Å². The predicted octanol–water partition coefficient (Wildman–Crippen LogP) is 0.573. The molecule has 0 saturated carbocycles. The summed E-state index contributed by atoms with van der Waals surface area (Å²) in [6.45, 7) is 6.90. The molecule has 4 nitrogen and oxygen atoms in total. The summed E-state index contributed by atoms with van der Waals surface area (Å²) >= 11 is 3.85. The van der Waals surface area contributed by atoms with Crippen molar-refractivity contribution >= 4 is 18.6 Å². The smallest absolute Gasteiger partial charge is 0.318 e. The molecule has 0 amide bonds. The number of cyclic esters (lactones) is 1. The van der Waals surface area contributed by atoms with Crippen molar-refractivity contribution in [3.8, 4) is 0 Å². The number of hydrogen-bond acceptors (Lipinski definition) is 5. The summed E-state index contributed by atoms with van der Waals surface area (Å²) in [7, 11) is 0. The lowest BCUT2D eigenvalue weighted by atomic mass is 9.81. The van der Waals surface area contributed by atoms with E-state index < -0.39 is 29.0 Å². The lowest BCUT2D eigenvalue weighted by molar-refractivity contribution is -0.152. The summed E-state index contributed by atoms with van der Waals surface area (Å²) in [4.78, 5) is 11.2. The van der Waals surface area contributed by atoms with E-state index in [1.807, 2.05) is 13.8 Å². The third kappa shape index (κ3) is 2.04. The van der Waals surface area contributed by atoms with E-state index in [0.29, 0.717) is 0 Å². The summed E-state index contributed by atoms with van der Waals surface area (Å²) in [6.07, 6.45) is -2.01. The molecule has 1 aliphatic rings. The van der Waals surface area contributed by atoms with Crippen molar-refractivity contribution in [1.82, 2.24) is 0 Å². The standard InChI is InChI=1S/C7H12O4S.C2H6/c1-3(8)7(2)4(9)5(12)11-6(7)10;1-2/h3-5,8-9,12H,1-2H3;1-2H3. The molecular weight excluding hydrogens is 204 g/mol. The molecule has 5 heteroatoms. The number of carbonyl (C=O) groups is 1. The highest BCUT2D eigenvalue weighted by Crippen LogP contribution is 2.38. The first-order valence-electron chi connectivity index (χ1n) is 4.66. The Morgan fingerprint density at radius 3 is 2.14 bits per heavy atom. The molecule has 2 N–H and O–H groups in total. The fourth-order valence-corrected chi connectivity index (χ4v) is 1.54. The molecule has 0 aliphatic carbocycles. The van der Waals surface area contributed by atoms with Crippen LogP contribution in [0.2, 0.25) is 0 Å². The molecule has 0 aromatic heterocycles. The Kier molecular flexibility index (Phi) is 4.91. The van der Waals surface area contributed by atoms with E-state index in [2.05, 4.69) is 17.4 Å². The fourth-order valence-electron chi connectivity index (χ4n) is 1.14. The Labute approximate surface area is 89.7 Å². The Balaban J connectivity index is 0.000000791. The van der Waals surface area contributed by atoms with Gasteiger partial charge in [-0.3, -0.25) is 4.79 Å². The van der Waals surface area contributed by atoms with Crippen molar-refractivity contribution in [3.63, 3.8) is 0 Å². The van der Waals surface area contributed by atoms with Gasteiger partial charge >= 0.3 is 5.97 Å². The average molecular weight is 222 g/mol. The maximum atomic E-state index is 11.2. The number of esters is 1. The van der Waals surface area contributed by atoms with Crippen LogP contribution in [0.5, 0.6) is 0 Å². The van der Waals surface area contributed by atoms with Crippen LogP contribution < -0.4 is 0 Å². The van der Waals surface area contributed by atoms with Gasteiger partial charge in [-0.1, -0.05) is 13.8 Å². The largest absolute Gasteiger partial charge is 0.448 e. The van der Waals surface area contributed by atoms with Crippen LogP contribution in [0.3, 0.4) is 0 Å². The molecule has 4 unspecified atom stereocenters. The molecule has 0 radical (unpaired) electrons. The van der Waals surface area contributed by atoms with E-state index in [9.17, 15) is 15.0 Å². The van der Waals surface area contributed by atoms with Crippen LogP contribution in [0.15, 0.2) is 0 Å². The summed E-state index contributed by atoms with van der Waals surface area (Å²) in [5.74, 6) is -0.606. The monoisotopic (exact) mass is 222 g/mol. The summed E-state index contributed by atoms with van der Waals surface area (Å²) in [6, 6.07) is 0. The number of thiol groups is 1. The van der Waals surface area contributed by atoms with E-state index in [1.165, 1.54) is 13.8 Å². The van der Waals surface area contributed by atoms with Crippen LogP contribution in [0.4, 0.5) is 0 Å². The zero-order chi connectivity index (χ0) is 11.5. The number of aliphatic hydroxyl groups excluding tert-OH is 2. The first-order chi connectivity index (χ1) is 6.40. The minimum atomic E-state index is -1.24. The van der Waals surface area contributed by atoms with Gasteiger partial charge in [0.05, 0.1) is 6.10 Å². The van der Waals surface area contributed by atoms with Gasteiger partial charge in [-0.25, -0.2) is 0 Å². The zero-order valence-corrected chi connectivity index (χ0v) is 9.78. The maximum Gasteiger partial charge on any atom is 0.318 e. The van der Waals surface area contributed by atoms with Gasteiger partial charge in [-0.2, -0.15) is 0 Å². The van der Waals surface area contributed by atoms with E-state index in [-0.39, 0.29) is 0 Å². The summed E-state index contributed by atoms with van der Waals surface area (Å²) in [5, 5.41) is 18.8. The second-order valence-corrected chi connectivity index (χ2v) is 3.71. The molecule has 84 valence electrons. The van der Waals surface area contributed by atoms with Gasteiger partial charge in [-0.05, 0) is 13.8 Å². The molecule has 1 aliphatic heterocycles. The second-order valence-electron chi connectivity index (χ2n) is 3.20. The zero-order valence-electron chi connectivity index (χ0n) is 8.89. The molecule has 1 saturated heterocycles. The van der Waals surface area contributed by atoms with Crippen molar-refractivity contribution in [2.45, 2.75) is 45.3 Å². The third-order valence-electron chi connectivity index (χ3n) is 2.42. The summed E-state index contributed by atoms with van der Waals surface area (Å²) < 4.78 is 4.67. The molecule has 0 bridgehead atoms. The molecule has 0 aromatic rings. The molecule has 0 spiro atoms. The first-order valence-corrected chi connectivity index (χ1v) is 5.17. The van der Waals surface area contributed by atoms with E-state index in [0.717, 1.165) is 0 Å². The molecule has 1 heterocycles. The van der Waals surface area contributed by atoms with Gasteiger partial charge in [0.25, 0.3) is 0 Å². The summed E-state index contributed by atoms with van der Waals surface area (Å²) in [5.41, 5.74) is -2.08. The molecule has 1 rings (SSSR count). The third-order valence-corrected chi connectivity index (χ3v) is 2.81. The van der Waals surface area contributed by atoms with Crippen molar-refractivity contribution in [1.29, 1.82) is 0 Å². The van der Waals surface area contributed by atoms with Crippen molar-refractivity contribution in [3.05, 3.63) is 0 Å². The fraction of sp³-hybridized carbons (Fsp3) is 0.889. The SMILES string of the molecule is CC.CC(O)C1(C)C(=O)OC(S)C1O. The minimum absolute atomic E-state index is 0.606. The maximum absolute atomic E-state index is 11.2. The van der Waals surface area contributed by atoms with Gasteiger partial charge in [0.1, 0.15) is 11.5 Å². The van der Waals surface area contributed by atoms with Crippen LogP contribution in [0.25, 0.3) is 0 Å². The van der Waals surface area contributed by atoms with E-state index >= 15 is 0 Å². The van der Waals surface area contributed by atoms with Gasteiger partial charge < -0.3 is 14.9 Å². The van der Waals surface area contributed by atoms with Gasteiger partial charge in [0.15, 0.2) is 5.44 Å². The number of ether oxygens (including phenoxy) is 1. The normalized spacial score (nSPS) is 38.4. The van der Waals surface area contributed by atoms with Crippen LogP contribution in [0.1, 0.15) is 27.7 Å². The average Bonchev–Trinajstić information content (AvgIpc) is 2.35. The van der Waals surface area contributed by atoms with E-state index in [1.54, 1.807) is 0 Å². The number of aliphatic hydroxyl groups is 2. The van der Waals surface area contributed by atoms with Crippen LogP contribution >= 0.6 is 12.6 Å². The van der Waals surface area contributed by atoms with Crippen LogP contribution in [0, 0.1) is 5.41 Å². The highest BCUT2D eigenvalue weighted by molar-refractivity contribution is 7.80. The lowest BCUT2D eigenvalue weighted by Gasteiger charge is -2.26. The Morgan fingerprint density at radius 1 is 1.57 bits per heavy atom.